The number of fused-ring (bicyclic) bond motifs is 1. The molecule has 1 aromatic carbocycles. The molecule has 2 amide bonds. The number of carbonyl (C=O) groups excluding carboxylic acids is 3. The average Bonchev–Trinajstić information content (AvgIpc) is 3.09. The lowest BCUT2D eigenvalue weighted by Gasteiger charge is -2.36. The van der Waals surface area contributed by atoms with Crippen molar-refractivity contribution in [2.45, 2.75) is 44.8 Å². The molecule has 28 heavy (non-hydrogen) atoms. The molecule has 2 saturated heterocycles. The zero-order chi connectivity index (χ0) is 20.1. The quantitative estimate of drug-likeness (QED) is 0.783. The predicted molar refractivity (Wildman–Crippen MR) is 107 cm³/mol. The number of piperidine rings is 1. The highest BCUT2D eigenvalue weighted by Gasteiger charge is 2.44. The monoisotopic (exact) mass is 384 g/mol. The van der Waals surface area contributed by atoms with Crippen molar-refractivity contribution in [2.24, 2.45) is 5.92 Å². The molecule has 0 radical (unpaired) electrons. The molecule has 0 aliphatic carbocycles. The van der Waals surface area contributed by atoms with Gasteiger partial charge in [-0.2, -0.15) is 0 Å². The number of hydrogen-bond acceptors (Lipinski definition) is 4. The number of amides is 2. The van der Waals surface area contributed by atoms with Crippen LogP contribution in [0.1, 0.15) is 48.5 Å². The third kappa shape index (κ3) is 4.68. The molecule has 150 valence electrons. The summed E-state index contributed by atoms with van der Waals surface area (Å²) < 4.78 is 5.51. The minimum Gasteiger partial charge on any atom is -0.368 e. The summed E-state index contributed by atoms with van der Waals surface area (Å²) in [5, 5.41) is 2.90. The van der Waals surface area contributed by atoms with Crippen LogP contribution in [-0.4, -0.2) is 54.3 Å². The Bertz CT molecular complexity index is 743. The Morgan fingerprint density at radius 2 is 2.11 bits per heavy atom. The minimum absolute atomic E-state index is 0.00684. The number of nitrogens with one attached hydrogen (secondary N) is 1. The van der Waals surface area contributed by atoms with Crippen molar-refractivity contribution in [3.63, 3.8) is 0 Å². The van der Waals surface area contributed by atoms with E-state index in [0.717, 1.165) is 18.4 Å². The lowest BCUT2D eigenvalue weighted by molar-refractivity contribution is -0.141. The second kappa shape index (κ2) is 9.15. The molecular formula is C22H28N2O4. The number of hydrogen-bond donors (Lipinski definition) is 1. The van der Waals surface area contributed by atoms with E-state index in [1.165, 1.54) is 0 Å². The zero-order valence-corrected chi connectivity index (χ0v) is 16.4. The van der Waals surface area contributed by atoms with Crippen LogP contribution >= 0.6 is 0 Å². The van der Waals surface area contributed by atoms with Crippen LogP contribution in [0.2, 0.25) is 0 Å². The highest BCUT2D eigenvalue weighted by molar-refractivity contribution is 5.94. The van der Waals surface area contributed by atoms with Gasteiger partial charge < -0.3 is 15.0 Å². The first kappa shape index (κ1) is 20.3. The van der Waals surface area contributed by atoms with Gasteiger partial charge in [-0.05, 0) is 42.9 Å². The van der Waals surface area contributed by atoms with Gasteiger partial charge in [0.1, 0.15) is 12.6 Å². The van der Waals surface area contributed by atoms with Crippen molar-refractivity contribution in [3.8, 4) is 0 Å². The molecule has 2 aliphatic rings. The smallest absolute Gasteiger partial charge is 0.251 e. The minimum atomic E-state index is -0.397. The molecule has 2 fully saturated rings. The molecule has 6 heteroatoms. The van der Waals surface area contributed by atoms with E-state index in [1.54, 1.807) is 23.1 Å². The number of rotatable bonds is 7. The molecule has 0 saturated carbocycles. The van der Waals surface area contributed by atoms with Crippen molar-refractivity contribution in [2.75, 3.05) is 19.7 Å². The highest BCUT2D eigenvalue weighted by atomic mass is 16.5. The molecule has 1 N–H and O–H groups in total. The first-order valence-corrected chi connectivity index (χ1v) is 9.94. The van der Waals surface area contributed by atoms with E-state index in [4.69, 9.17) is 4.74 Å². The summed E-state index contributed by atoms with van der Waals surface area (Å²) in [4.78, 5) is 38.7. The molecule has 3 unspecified atom stereocenters. The summed E-state index contributed by atoms with van der Waals surface area (Å²) >= 11 is 0. The van der Waals surface area contributed by atoms with Crippen molar-refractivity contribution < 1.29 is 19.1 Å². The van der Waals surface area contributed by atoms with Gasteiger partial charge in [-0.1, -0.05) is 31.7 Å². The average molecular weight is 384 g/mol. The van der Waals surface area contributed by atoms with Crippen molar-refractivity contribution >= 4 is 23.7 Å². The molecule has 0 bridgehead atoms. The Kier molecular flexibility index (Phi) is 6.62. The Morgan fingerprint density at radius 1 is 1.36 bits per heavy atom. The highest BCUT2D eigenvalue weighted by Crippen LogP contribution is 2.27. The number of ketones is 1. The topological polar surface area (TPSA) is 75.7 Å². The van der Waals surface area contributed by atoms with E-state index in [9.17, 15) is 14.4 Å². The number of ether oxygens (including phenoxy) is 1. The van der Waals surface area contributed by atoms with Crippen LogP contribution in [-0.2, 0) is 14.3 Å². The van der Waals surface area contributed by atoms with Crippen molar-refractivity contribution in [1.82, 2.24) is 10.2 Å². The van der Waals surface area contributed by atoms with E-state index >= 15 is 0 Å². The molecule has 3 atom stereocenters. The van der Waals surface area contributed by atoms with Gasteiger partial charge in [0.25, 0.3) is 5.91 Å². The van der Waals surface area contributed by atoms with Gasteiger partial charge >= 0.3 is 0 Å². The summed E-state index contributed by atoms with van der Waals surface area (Å²) in [7, 11) is 0. The second-order valence-corrected chi connectivity index (χ2v) is 7.67. The largest absolute Gasteiger partial charge is 0.368 e. The zero-order valence-electron chi connectivity index (χ0n) is 16.4. The van der Waals surface area contributed by atoms with Gasteiger partial charge in [0, 0.05) is 25.1 Å². The number of benzene rings is 1. The Labute approximate surface area is 165 Å². The van der Waals surface area contributed by atoms with Crippen LogP contribution in [0.4, 0.5) is 0 Å². The van der Waals surface area contributed by atoms with E-state index in [0.29, 0.717) is 31.5 Å². The SMILES string of the molecule is C=Cc1ccc(C(=O)NCCC(C)CC(=O)N2CCCC3OCC(=O)C32)cc1. The molecule has 2 heterocycles. The van der Waals surface area contributed by atoms with Gasteiger partial charge in [0.05, 0.1) is 6.10 Å². The third-order valence-electron chi connectivity index (χ3n) is 5.52. The molecule has 6 nitrogen and oxygen atoms in total. The molecule has 0 aromatic heterocycles. The van der Waals surface area contributed by atoms with E-state index in [2.05, 4.69) is 11.9 Å². The van der Waals surface area contributed by atoms with Crippen molar-refractivity contribution in [1.29, 1.82) is 0 Å². The maximum atomic E-state index is 12.7. The summed E-state index contributed by atoms with van der Waals surface area (Å²) in [5.41, 5.74) is 1.57. The maximum Gasteiger partial charge on any atom is 0.251 e. The van der Waals surface area contributed by atoms with Gasteiger partial charge in [0.15, 0.2) is 5.78 Å². The standard InChI is InChI=1S/C22H28N2O4/c1-3-16-6-8-17(9-7-16)22(27)23-11-10-15(2)13-20(26)24-12-4-5-19-21(24)18(25)14-28-19/h3,6-9,15,19,21H,1,4-5,10-14H2,2H3,(H,23,27). The second-order valence-electron chi connectivity index (χ2n) is 7.67. The van der Waals surface area contributed by atoms with Crippen LogP contribution < -0.4 is 5.32 Å². The molecule has 2 aliphatic heterocycles. The summed E-state index contributed by atoms with van der Waals surface area (Å²) in [6.45, 7) is 6.94. The lowest BCUT2D eigenvalue weighted by atomic mass is 9.95. The number of likely N-dealkylation sites (tertiary alicyclic amines) is 1. The third-order valence-corrected chi connectivity index (χ3v) is 5.52. The molecule has 3 rings (SSSR count). The summed E-state index contributed by atoms with van der Waals surface area (Å²) in [5.74, 6) is 0.0169. The fourth-order valence-electron chi connectivity index (χ4n) is 3.89. The molecule has 0 spiro atoms. The number of nitrogens with zero attached hydrogens (tertiary/aromatic N) is 1. The maximum absolute atomic E-state index is 12.7. The van der Waals surface area contributed by atoms with Crippen LogP contribution in [0.25, 0.3) is 6.08 Å². The number of Topliss-reactive ketones (excluding diaryl/α,β-unsaturated/α-hetero) is 1. The van der Waals surface area contributed by atoms with Crippen LogP contribution in [0.3, 0.4) is 0 Å². The molecular weight excluding hydrogens is 356 g/mol. The van der Waals surface area contributed by atoms with Gasteiger partial charge in [-0.3, -0.25) is 14.4 Å². The molecule has 1 aromatic rings. The summed E-state index contributed by atoms with van der Waals surface area (Å²) in [6, 6.07) is 6.85. The Morgan fingerprint density at radius 3 is 2.82 bits per heavy atom. The first-order valence-electron chi connectivity index (χ1n) is 9.94. The van der Waals surface area contributed by atoms with Gasteiger partial charge in [-0.15, -0.1) is 0 Å². The van der Waals surface area contributed by atoms with Gasteiger partial charge in [-0.25, -0.2) is 0 Å². The fourth-order valence-corrected chi connectivity index (χ4v) is 3.89. The van der Waals surface area contributed by atoms with E-state index in [1.807, 2.05) is 19.1 Å². The number of carbonyl (C=O) groups is 3. The van der Waals surface area contributed by atoms with Gasteiger partial charge in [0.2, 0.25) is 5.91 Å². The lowest BCUT2D eigenvalue weighted by Crippen LogP contribution is -2.52. The van der Waals surface area contributed by atoms with Crippen LogP contribution in [0.15, 0.2) is 30.8 Å². The van der Waals surface area contributed by atoms with E-state index < -0.39 is 6.04 Å². The van der Waals surface area contributed by atoms with Crippen molar-refractivity contribution in [3.05, 3.63) is 42.0 Å². The van der Waals surface area contributed by atoms with E-state index in [-0.39, 0.29) is 36.2 Å². The normalized spacial score (nSPS) is 22.5. The van der Waals surface area contributed by atoms with Crippen LogP contribution in [0.5, 0.6) is 0 Å². The fraction of sp³-hybridized carbons (Fsp3) is 0.500. The van der Waals surface area contributed by atoms with Crippen LogP contribution in [0, 0.1) is 5.92 Å². The Balaban J connectivity index is 1.44. The Hall–Kier alpha value is -2.47. The summed E-state index contributed by atoms with van der Waals surface area (Å²) in [6.07, 6.45) is 4.39. The predicted octanol–water partition coefficient (Wildman–Crippen LogP) is 2.43. The first-order chi connectivity index (χ1) is 13.5.